The van der Waals surface area contributed by atoms with Crippen LogP contribution < -0.4 is 10.5 Å². The SMILES string of the molecule is O=c1ccc(/C=C/c2ccc(Cl)cc2)c2n1C[C@H]1C[C@@H]2C[NH+](Cc2ccc(F)cc2)C1. The predicted molar refractivity (Wildman–Crippen MR) is 123 cm³/mol. The van der Waals surface area contributed by atoms with Crippen LogP contribution in [0.1, 0.15) is 34.7 Å². The van der Waals surface area contributed by atoms with E-state index in [9.17, 15) is 9.18 Å². The summed E-state index contributed by atoms with van der Waals surface area (Å²) < 4.78 is 15.3. The van der Waals surface area contributed by atoms with Gasteiger partial charge in [-0.15, -0.1) is 0 Å². The summed E-state index contributed by atoms with van der Waals surface area (Å²) in [6.07, 6.45) is 5.32. The van der Waals surface area contributed by atoms with Gasteiger partial charge in [-0.1, -0.05) is 48.0 Å². The Bertz CT molecular complexity index is 1170. The minimum atomic E-state index is -0.195. The van der Waals surface area contributed by atoms with Crippen LogP contribution in [0.2, 0.25) is 5.02 Å². The average molecular weight is 436 g/mol. The van der Waals surface area contributed by atoms with E-state index in [2.05, 4.69) is 12.2 Å². The van der Waals surface area contributed by atoms with Crippen molar-refractivity contribution >= 4 is 23.8 Å². The van der Waals surface area contributed by atoms with Crippen LogP contribution in [0.15, 0.2) is 65.5 Å². The summed E-state index contributed by atoms with van der Waals surface area (Å²) in [5.41, 5.74) is 4.60. The van der Waals surface area contributed by atoms with Crippen molar-refractivity contribution in [2.75, 3.05) is 13.1 Å². The molecular weight excluding hydrogens is 411 g/mol. The molecule has 1 N–H and O–H groups in total. The molecule has 5 rings (SSSR count). The van der Waals surface area contributed by atoms with E-state index in [0.717, 1.165) is 60.0 Å². The number of aromatic nitrogens is 1. The third-order valence-corrected chi connectivity index (χ3v) is 6.76. The summed E-state index contributed by atoms with van der Waals surface area (Å²) in [7, 11) is 0. The fraction of sp³-hybridized carbons (Fsp3) is 0.269. The zero-order chi connectivity index (χ0) is 21.4. The number of hydrogen-bond donors (Lipinski definition) is 1. The fourth-order valence-electron chi connectivity index (χ4n) is 5.21. The van der Waals surface area contributed by atoms with Crippen molar-refractivity contribution in [3.8, 4) is 0 Å². The van der Waals surface area contributed by atoms with Crippen LogP contribution in [0.5, 0.6) is 0 Å². The Kier molecular flexibility index (Phi) is 5.51. The van der Waals surface area contributed by atoms with Crippen molar-refractivity contribution in [2.45, 2.75) is 25.4 Å². The highest BCUT2D eigenvalue weighted by Crippen LogP contribution is 2.33. The van der Waals surface area contributed by atoms with Gasteiger partial charge in [0.2, 0.25) is 0 Å². The van der Waals surface area contributed by atoms with E-state index in [1.54, 1.807) is 6.07 Å². The minimum absolute atomic E-state index is 0.0929. The van der Waals surface area contributed by atoms with Gasteiger partial charge in [-0.25, -0.2) is 4.39 Å². The number of likely N-dealkylation sites (tertiary alicyclic amines) is 1. The Morgan fingerprint density at radius 3 is 2.55 bits per heavy atom. The Hall–Kier alpha value is -2.69. The molecule has 1 aromatic heterocycles. The van der Waals surface area contributed by atoms with Gasteiger partial charge in [0.1, 0.15) is 12.4 Å². The predicted octanol–water partition coefficient (Wildman–Crippen LogP) is 4.01. The third-order valence-electron chi connectivity index (χ3n) is 6.51. The molecule has 3 aromatic rings. The molecule has 1 fully saturated rings. The lowest BCUT2D eigenvalue weighted by atomic mass is 9.81. The van der Waals surface area contributed by atoms with Crippen molar-refractivity contribution in [1.29, 1.82) is 0 Å². The zero-order valence-electron chi connectivity index (χ0n) is 17.2. The van der Waals surface area contributed by atoms with Gasteiger partial charge in [0.05, 0.1) is 13.1 Å². The molecule has 2 aliphatic heterocycles. The van der Waals surface area contributed by atoms with Crippen LogP contribution >= 0.6 is 11.6 Å². The summed E-state index contributed by atoms with van der Waals surface area (Å²) in [5, 5.41) is 0.721. The number of fused-ring (bicyclic) bond motifs is 4. The number of rotatable bonds is 4. The van der Waals surface area contributed by atoms with Crippen LogP contribution in [-0.2, 0) is 13.1 Å². The van der Waals surface area contributed by atoms with Crippen LogP contribution in [0.3, 0.4) is 0 Å². The Morgan fingerprint density at radius 1 is 1.00 bits per heavy atom. The molecule has 158 valence electrons. The first-order valence-electron chi connectivity index (χ1n) is 10.8. The van der Waals surface area contributed by atoms with E-state index in [1.807, 2.05) is 47.0 Å². The smallest absolute Gasteiger partial charge is 0.250 e. The van der Waals surface area contributed by atoms with Crippen molar-refractivity contribution in [2.24, 2.45) is 5.92 Å². The summed E-state index contributed by atoms with van der Waals surface area (Å²) in [6, 6.07) is 18.2. The Balaban J connectivity index is 1.43. The van der Waals surface area contributed by atoms with E-state index < -0.39 is 0 Å². The molecule has 3 atom stereocenters. The second-order valence-electron chi connectivity index (χ2n) is 8.77. The number of halogens is 2. The molecule has 0 saturated carbocycles. The summed E-state index contributed by atoms with van der Waals surface area (Å²) >= 11 is 6.00. The number of benzene rings is 2. The molecule has 0 amide bonds. The van der Waals surface area contributed by atoms with Crippen molar-refractivity contribution in [3.63, 3.8) is 0 Å². The monoisotopic (exact) mass is 435 g/mol. The zero-order valence-corrected chi connectivity index (χ0v) is 18.0. The number of pyridine rings is 1. The number of nitrogens with one attached hydrogen (secondary N) is 1. The maximum Gasteiger partial charge on any atom is 0.250 e. The lowest BCUT2D eigenvalue weighted by Gasteiger charge is -2.41. The normalized spacial score (nSPS) is 22.5. The quantitative estimate of drug-likeness (QED) is 0.658. The average Bonchev–Trinajstić information content (AvgIpc) is 2.76. The second kappa shape index (κ2) is 8.45. The van der Waals surface area contributed by atoms with Gasteiger partial charge in [-0.2, -0.15) is 0 Å². The van der Waals surface area contributed by atoms with Gasteiger partial charge in [0.25, 0.3) is 5.56 Å². The Labute approximate surface area is 186 Å². The van der Waals surface area contributed by atoms with Gasteiger partial charge in [0.15, 0.2) is 0 Å². The van der Waals surface area contributed by atoms with E-state index in [-0.39, 0.29) is 11.4 Å². The molecule has 2 bridgehead atoms. The van der Waals surface area contributed by atoms with Crippen LogP contribution in [0, 0.1) is 11.7 Å². The highest BCUT2D eigenvalue weighted by molar-refractivity contribution is 6.30. The summed E-state index contributed by atoms with van der Waals surface area (Å²) in [5.74, 6) is 0.649. The molecule has 0 aliphatic carbocycles. The fourth-order valence-corrected chi connectivity index (χ4v) is 5.33. The molecule has 2 aliphatic rings. The third kappa shape index (κ3) is 4.36. The maximum atomic E-state index is 13.3. The first-order valence-corrected chi connectivity index (χ1v) is 11.2. The van der Waals surface area contributed by atoms with Gasteiger partial charge in [-0.05, 0) is 47.9 Å². The largest absolute Gasteiger partial charge is 0.330 e. The Morgan fingerprint density at radius 2 is 1.77 bits per heavy atom. The van der Waals surface area contributed by atoms with Crippen molar-refractivity contribution < 1.29 is 9.29 Å². The van der Waals surface area contributed by atoms with E-state index in [0.29, 0.717) is 11.8 Å². The van der Waals surface area contributed by atoms with Gasteiger partial charge in [-0.3, -0.25) is 4.79 Å². The van der Waals surface area contributed by atoms with Crippen molar-refractivity contribution in [3.05, 3.63) is 104 Å². The molecule has 3 nitrogen and oxygen atoms in total. The van der Waals surface area contributed by atoms with Crippen LogP contribution in [0.4, 0.5) is 4.39 Å². The molecule has 5 heteroatoms. The molecule has 2 aromatic carbocycles. The standard InChI is InChI=1S/C26H24ClFN2O/c27-23-8-2-18(3-9-23)1-6-21-7-12-25(31)30-16-20-13-22(26(21)30)17-29(15-20)14-19-4-10-24(28)11-5-19/h1-12,20,22H,13-17H2/p+1/b6-1+/t20-,22+/m0/s1. The highest BCUT2D eigenvalue weighted by Gasteiger charge is 2.38. The topological polar surface area (TPSA) is 26.4 Å². The first kappa shape index (κ1) is 20.2. The second-order valence-corrected chi connectivity index (χ2v) is 9.20. The molecule has 0 radical (unpaired) electrons. The van der Waals surface area contributed by atoms with Gasteiger partial charge < -0.3 is 9.47 Å². The van der Waals surface area contributed by atoms with Crippen LogP contribution in [0.25, 0.3) is 12.2 Å². The number of quaternary nitrogens is 1. The molecule has 31 heavy (non-hydrogen) atoms. The molecule has 3 heterocycles. The number of nitrogens with zero attached hydrogens (tertiary/aromatic N) is 1. The lowest BCUT2D eigenvalue weighted by Crippen LogP contribution is -3.13. The summed E-state index contributed by atoms with van der Waals surface area (Å²) in [6.45, 7) is 3.70. The van der Waals surface area contributed by atoms with Crippen LogP contribution in [-0.4, -0.2) is 17.7 Å². The summed E-state index contributed by atoms with van der Waals surface area (Å²) in [4.78, 5) is 14.1. The molecular formula is C26H25ClFN2O+. The minimum Gasteiger partial charge on any atom is -0.330 e. The maximum absolute atomic E-state index is 13.3. The van der Waals surface area contributed by atoms with E-state index >= 15 is 0 Å². The molecule has 1 unspecified atom stereocenters. The lowest BCUT2D eigenvalue weighted by molar-refractivity contribution is -0.924. The highest BCUT2D eigenvalue weighted by atomic mass is 35.5. The number of piperidine rings is 1. The molecule has 1 saturated heterocycles. The van der Waals surface area contributed by atoms with Crippen molar-refractivity contribution in [1.82, 2.24) is 4.57 Å². The van der Waals surface area contributed by atoms with Gasteiger partial charge in [0, 0.05) is 40.7 Å². The van der Waals surface area contributed by atoms with E-state index in [1.165, 1.54) is 17.0 Å². The molecule has 0 spiro atoms. The van der Waals surface area contributed by atoms with Gasteiger partial charge >= 0.3 is 0 Å². The first-order chi connectivity index (χ1) is 15.0. The number of hydrogen-bond acceptors (Lipinski definition) is 1. The van der Waals surface area contributed by atoms with E-state index in [4.69, 9.17) is 11.6 Å².